The molecule has 0 saturated heterocycles. The van der Waals surface area contributed by atoms with Gasteiger partial charge in [0.25, 0.3) is 0 Å². The standard InChI is InChI=1S/C66H44BrFN3.Ir/c1-42-34-46(64-20-10-12-32-69-64)24-29-53(42)58-17-7-4-14-55(58)49-37-50(56-15-5-8-18-59(56)54-30-25-47(35-43(54)2)65-21-11-13-33-70-65)39-51(38-49)57-16-6-9-19-60(57)61-31-26-48(40-63(61)67)66-36-44(3)62(41-71-66)45-22-27-52(68)28-23-45;/h4-23,27-41H,1-3H3;/q-3;+3. The molecule has 3 aromatic heterocycles. The van der Waals surface area contributed by atoms with E-state index in [4.69, 9.17) is 4.98 Å². The second-order valence-electron chi connectivity index (χ2n) is 17.8. The number of aryl methyl sites for hydroxylation is 3. The number of rotatable bonds is 10. The largest absolute Gasteiger partial charge is 3.00 e. The second-order valence-corrected chi connectivity index (χ2v) is 18.6. The van der Waals surface area contributed by atoms with Crippen molar-refractivity contribution in [3.8, 4) is 112 Å². The summed E-state index contributed by atoms with van der Waals surface area (Å²) in [6.07, 6.45) is 5.50. The van der Waals surface area contributed by atoms with Gasteiger partial charge in [0.05, 0.1) is 0 Å². The van der Waals surface area contributed by atoms with Gasteiger partial charge in [0.2, 0.25) is 0 Å². The first-order valence-electron chi connectivity index (χ1n) is 23.5. The monoisotopic (exact) mass is 1170 g/mol. The quantitative estimate of drug-likeness (QED) is 0.128. The van der Waals surface area contributed by atoms with Crippen molar-refractivity contribution in [1.82, 2.24) is 15.0 Å². The SMILES string of the molecule is Cc1cc(-c2[c-]cc(-c3ccccc3-c3cc(-c4ccccc4-c4c[c-]c(-c5ccccn5)cc4C)cc(-c4ccccc4-c4c[c-]c(-c5ccccn5)cc4C)c3)c(Br)c2)ncc1-c1ccc(F)cc1.[Ir+3]. The fourth-order valence-corrected chi connectivity index (χ4v) is 10.1. The van der Waals surface area contributed by atoms with Crippen LogP contribution in [-0.4, -0.2) is 15.0 Å². The summed E-state index contributed by atoms with van der Waals surface area (Å²) in [5, 5.41) is 0. The Kier molecular flexibility index (Phi) is 13.9. The van der Waals surface area contributed by atoms with Crippen molar-refractivity contribution in [1.29, 1.82) is 0 Å². The summed E-state index contributed by atoms with van der Waals surface area (Å²) in [5.74, 6) is -0.262. The number of benzene rings is 8. The van der Waals surface area contributed by atoms with Gasteiger partial charge in [-0.05, 0) is 111 Å². The van der Waals surface area contributed by atoms with Gasteiger partial charge in [0, 0.05) is 24.2 Å². The summed E-state index contributed by atoms with van der Waals surface area (Å²) in [5.41, 5.74) is 23.7. The molecule has 0 atom stereocenters. The van der Waals surface area contributed by atoms with Crippen molar-refractivity contribution < 1.29 is 24.5 Å². The first-order chi connectivity index (χ1) is 34.8. The summed E-state index contributed by atoms with van der Waals surface area (Å²) < 4.78 is 14.7. The van der Waals surface area contributed by atoms with Crippen molar-refractivity contribution in [3.63, 3.8) is 0 Å². The van der Waals surface area contributed by atoms with E-state index in [-0.39, 0.29) is 25.9 Å². The van der Waals surface area contributed by atoms with Crippen molar-refractivity contribution in [3.05, 3.63) is 258 Å². The third-order valence-electron chi connectivity index (χ3n) is 13.2. The molecule has 3 nitrogen and oxygen atoms in total. The minimum Gasteiger partial charge on any atom is -0.305 e. The van der Waals surface area contributed by atoms with E-state index in [1.54, 1.807) is 12.1 Å². The van der Waals surface area contributed by atoms with E-state index in [9.17, 15) is 4.39 Å². The molecule has 0 unspecified atom stereocenters. The maximum absolute atomic E-state index is 13.7. The molecule has 8 aromatic carbocycles. The Labute approximate surface area is 442 Å². The van der Waals surface area contributed by atoms with Gasteiger partial charge in [-0.3, -0.25) is 0 Å². The molecule has 0 bridgehead atoms. The number of hydrogen-bond donors (Lipinski definition) is 0. The van der Waals surface area contributed by atoms with E-state index in [2.05, 4.69) is 198 Å². The van der Waals surface area contributed by atoms with Crippen molar-refractivity contribution in [2.45, 2.75) is 20.8 Å². The molecule has 346 valence electrons. The molecule has 0 aliphatic heterocycles. The first-order valence-corrected chi connectivity index (χ1v) is 24.3. The second kappa shape index (κ2) is 20.9. The Bertz CT molecular complexity index is 3610. The minimum atomic E-state index is -0.262. The minimum absolute atomic E-state index is 0. The molecule has 0 aliphatic carbocycles. The summed E-state index contributed by atoms with van der Waals surface area (Å²) in [6, 6.07) is 76.9. The molecule has 0 radical (unpaired) electrons. The van der Waals surface area contributed by atoms with Crippen LogP contribution >= 0.6 is 15.9 Å². The summed E-state index contributed by atoms with van der Waals surface area (Å²) in [6.45, 7) is 6.39. The van der Waals surface area contributed by atoms with Crippen LogP contribution in [0.5, 0.6) is 0 Å². The molecule has 3 heterocycles. The van der Waals surface area contributed by atoms with Crippen LogP contribution in [0, 0.1) is 44.8 Å². The van der Waals surface area contributed by atoms with Gasteiger partial charge >= 0.3 is 20.1 Å². The van der Waals surface area contributed by atoms with Crippen LogP contribution in [0.25, 0.3) is 112 Å². The van der Waals surface area contributed by atoms with E-state index in [0.717, 1.165) is 133 Å². The van der Waals surface area contributed by atoms with Gasteiger partial charge in [-0.15, -0.1) is 82.4 Å². The van der Waals surface area contributed by atoms with Gasteiger partial charge in [-0.2, -0.15) is 0 Å². The molecule has 72 heavy (non-hydrogen) atoms. The normalized spacial score (nSPS) is 11.0. The average Bonchev–Trinajstić information content (AvgIpc) is 3.41. The first kappa shape index (κ1) is 47.9. The summed E-state index contributed by atoms with van der Waals surface area (Å²) in [4.78, 5) is 14.1. The Hall–Kier alpha value is -7.73. The van der Waals surface area contributed by atoms with Crippen molar-refractivity contribution in [2.24, 2.45) is 0 Å². The maximum Gasteiger partial charge on any atom is 3.00 e. The van der Waals surface area contributed by atoms with Gasteiger partial charge in [0.15, 0.2) is 0 Å². The number of pyridine rings is 3. The molecular formula is C66H44BrFIrN3. The third kappa shape index (κ3) is 9.70. The zero-order chi connectivity index (χ0) is 48.4. The molecule has 0 aliphatic rings. The maximum atomic E-state index is 13.7. The van der Waals surface area contributed by atoms with Crippen LogP contribution in [0.1, 0.15) is 16.7 Å². The van der Waals surface area contributed by atoms with Crippen molar-refractivity contribution in [2.75, 3.05) is 0 Å². The molecule has 0 amide bonds. The zero-order valence-electron chi connectivity index (χ0n) is 39.6. The van der Waals surface area contributed by atoms with E-state index in [1.165, 1.54) is 12.1 Å². The molecule has 11 aromatic rings. The van der Waals surface area contributed by atoms with Gasteiger partial charge < -0.3 is 15.0 Å². The molecule has 0 saturated carbocycles. The predicted molar refractivity (Wildman–Crippen MR) is 293 cm³/mol. The van der Waals surface area contributed by atoms with Gasteiger partial charge in [-0.1, -0.05) is 183 Å². The molecule has 0 N–H and O–H groups in total. The molecule has 11 rings (SSSR count). The zero-order valence-corrected chi connectivity index (χ0v) is 43.6. The fourth-order valence-electron chi connectivity index (χ4n) is 9.58. The van der Waals surface area contributed by atoms with Crippen LogP contribution < -0.4 is 0 Å². The molecule has 0 fully saturated rings. The van der Waals surface area contributed by atoms with E-state index >= 15 is 0 Å². The molecule has 6 heteroatoms. The van der Waals surface area contributed by atoms with Crippen LogP contribution in [-0.2, 0) is 20.1 Å². The van der Waals surface area contributed by atoms with E-state index < -0.39 is 0 Å². The average molecular weight is 1170 g/mol. The van der Waals surface area contributed by atoms with Gasteiger partial charge in [-0.25, -0.2) is 4.39 Å². The van der Waals surface area contributed by atoms with Crippen LogP contribution in [0.4, 0.5) is 4.39 Å². The number of halogens is 2. The fraction of sp³-hybridized carbons (Fsp3) is 0.0455. The Balaban J connectivity index is 0.00000596. The predicted octanol–water partition coefficient (Wildman–Crippen LogP) is 17.8. The number of aromatic nitrogens is 3. The van der Waals surface area contributed by atoms with Crippen LogP contribution in [0.15, 0.2) is 217 Å². The molecular weight excluding hydrogens is 1130 g/mol. The Morgan fingerprint density at radius 2 is 0.764 bits per heavy atom. The third-order valence-corrected chi connectivity index (χ3v) is 13.8. The van der Waals surface area contributed by atoms with Crippen molar-refractivity contribution >= 4 is 15.9 Å². The van der Waals surface area contributed by atoms with E-state index in [1.807, 2.05) is 55.0 Å². The number of nitrogens with zero attached hydrogens (tertiary/aromatic N) is 3. The Morgan fingerprint density at radius 3 is 1.18 bits per heavy atom. The van der Waals surface area contributed by atoms with Crippen LogP contribution in [0.3, 0.4) is 0 Å². The van der Waals surface area contributed by atoms with Gasteiger partial charge in [0.1, 0.15) is 5.82 Å². The van der Waals surface area contributed by atoms with E-state index in [0.29, 0.717) is 0 Å². The summed E-state index contributed by atoms with van der Waals surface area (Å²) in [7, 11) is 0. The molecule has 0 spiro atoms. The smallest absolute Gasteiger partial charge is 0.305 e. The summed E-state index contributed by atoms with van der Waals surface area (Å²) >= 11 is 3.99. The van der Waals surface area contributed by atoms with Crippen LogP contribution in [0.2, 0.25) is 0 Å². The number of hydrogen-bond acceptors (Lipinski definition) is 3. The topological polar surface area (TPSA) is 38.7 Å². The Morgan fingerprint density at radius 1 is 0.361 bits per heavy atom.